The van der Waals surface area contributed by atoms with Crippen molar-refractivity contribution in [1.29, 1.82) is 0 Å². The van der Waals surface area contributed by atoms with Crippen LogP contribution < -0.4 is 10.1 Å². The van der Waals surface area contributed by atoms with Gasteiger partial charge in [0.05, 0.1) is 18.7 Å². The molecule has 0 aliphatic rings. The number of hydrogen-bond acceptors (Lipinski definition) is 5. The first-order chi connectivity index (χ1) is 8.65. The fourth-order valence-electron chi connectivity index (χ4n) is 1.48. The Morgan fingerprint density at radius 1 is 1.39 bits per heavy atom. The predicted molar refractivity (Wildman–Crippen MR) is 71.5 cm³/mol. The Balaban J connectivity index is 2.39. The average molecular weight is 312 g/mol. The normalized spacial score (nSPS) is 12.4. The third-order valence-corrected chi connectivity index (χ3v) is 3.13. The largest absolute Gasteiger partial charge is 0.496 e. The zero-order valence-corrected chi connectivity index (χ0v) is 12.0. The quantitative estimate of drug-likeness (QED) is 0.940. The molecule has 0 fully saturated rings. The van der Waals surface area contributed by atoms with Gasteiger partial charge in [-0.3, -0.25) is 0 Å². The number of halogens is 1. The molecule has 0 amide bonds. The van der Waals surface area contributed by atoms with Crippen molar-refractivity contribution in [3.63, 3.8) is 0 Å². The van der Waals surface area contributed by atoms with Gasteiger partial charge in [-0.25, -0.2) is 0 Å². The minimum Gasteiger partial charge on any atom is -0.496 e. The van der Waals surface area contributed by atoms with Gasteiger partial charge in [-0.15, -0.1) is 10.2 Å². The van der Waals surface area contributed by atoms with Gasteiger partial charge in [0.1, 0.15) is 5.75 Å². The Morgan fingerprint density at radius 2 is 2.17 bits per heavy atom. The second kappa shape index (κ2) is 5.49. The molecule has 18 heavy (non-hydrogen) atoms. The lowest BCUT2D eigenvalue weighted by atomic mass is 10.2. The fraction of sp³-hybridized carbons (Fsp3) is 0.333. The number of benzene rings is 1. The molecule has 0 aliphatic heterocycles. The lowest BCUT2D eigenvalue weighted by molar-refractivity contribution is 0.410. The Morgan fingerprint density at radius 3 is 2.83 bits per heavy atom. The molecule has 0 saturated carbocycles. The van der Waals surface area contributed by atoms with E-state index in [4.69, 9.17) is 9.15 Å². The van der Waals surface area contributed by atoms with Gasteiger partial charge in [0.25, 0.3) is 5.89 Å². The van der Waals surface area contributed by atoms with Gasteiger partial charge in [0.2, 0.25) is 5.89 Å². The summed E-state index contributed by atoms with van der Waals surface area (Å²) >= 11 is 3.39. The number of ether oxygens (including phenoxy) is 1. The Labute approximate surface area is 114 Å². The number of nitrogens with zero attached hydrogens (tertiary/aromatic N) is 2. The maximum Gasteiger partial charge on any atom is 0.251 e. The standard InChI is InChI=1S/C12H14BrN3O2/c1-7(14-2)11-15-16-12(18-11)9-5-4-8(13)6-10(9)17-3/h4-7,14H,1-3H3. The molecule has 1 atom stereocenters. The van der Waals surface area contributed by atoms with Crippen molar-refractivity contribution in [2.75, 3.05) is 14.2 Å². The van der Waals surface area contributed by atoms with Crippen molar-refractivity contribution in [3.8, 4) is 17.2 Å². The zero-order chi connectivity index (χ0) is 13.1. The Kier molecular flexibility index (Phi) is 3.98. The van der Waals surface area contributed by atoms with Crippen LogP contribution in [0.15, 0.2) is 27.1 Å². The zero-order valence-electron chi connectivity index (χ0n) is 10.4. The molecule has 96 valence electrons. The summed E-state index contributed by atoms with van der Waals surface area (Å²) in [6.45, 7) is 1.95. The average Bonchev–Trinajstić information content (AvgIpc) is 2.87. The molecule has 1 aromatic carbocycles. The van der Waals surface area contributed by atoms with E-state index < -0.39 is 0 Å². The van der Waals surface area contributed by atoms with Crippen molar-refractivity contribution in [2.24, 2.45) is 0 Å². The Hall–Kier alpha value is -1.40. The molecule has 0 radical (unpaired) electrons. The van der Waals surface area contributed by atoms with E-state index in [2.05, 4.69) is 31.4 Å². The van der Waals surface area contributed by atoms with Gasteiger partial charge >= 0.3 is 0 Å². The summed E-state index contributed by atoms with van der Waals surface area (Å²) in [5, 5.41) is 11.1. The molecule has 1 N–H and O–H groups in total. The number of rotatable bonds is 4. The summed E-state index contributed by atoms with van der Waals surface area (Å²) in [6.07, 6.45) is 0. The summed E-state index contributed by atoms with van der Waals surface area (Å²) in [5.41, 5.74) is 0.780. The summed E-state index contributed by atoms with van der Waals surface area (Å²) in [5.74, 6) is 1.70. The molecule has 6 heteroatoms. The number of aromatic nitrogens is 2. The Bertz CT molecular complexity index is 542. The van der Waals surface area contributed by atoms with Gasteiger partial charge in [-0.1, -0.05) is 15.9 Å². The van der Waals surface area contributed by atoms with E-state index in [1.54, 1.807) is 7.11 Å². The molecular formula is C12H14BrN3O2. The maximum absolute atomic E-state index is 5.62. The molecule has 0 spiro atoms. The van der Waals surface area contributed by atoms with Crippen LogP contribution in [0, 0.1) is 0 Å². The third kappa shape index (κ3) is 2.54. The van der Waals surface area contributed by atoms with Crippen LogP contribution in [0.25, 0.3) is 11.5 Å². The topological polar surface area (TPSA) is 60.2 Å². The van der Waals surface area contributed by atoms with E-state index in [-0.39, 0.29) is 6.04 Å². The van der Waals surface area contributed by atoms with Crippen molar-refractivity contribution in [2.45, 2.75) is 13.0 Å². The molecule has 2 aromatic rings. The summed E-state index contributed by atoms with van der Waals surface area (Å²) < 4.78 is 11.9. The predicted octanol–water partition coefficient (Wildman–Crippen LogP) is 2.79. The molecule has 5 nitrogen and oxygen atoms in total. The maximum atomic E-state index is 5.62. The van der Waals surface area contributed by atoms with E-state index in [0.717, 1.165) is 10.0 Å². The van der Waals surface area contributed by atoms with Crippen LogP contribution in [0.2, 0.25) is 0 Å². The summed E-state index contributed by atoms with van der Waals surface area (Å²) in [6, 6.07) is 5.67. The minimum absolute atomic E-state index is 0.0210. The molecule has 1 heterocycles. The van der Waals surface area contributed by atoms with Gasteiger partial charge in [-0.2, -0.15) is 0 Å². The molecular weight excluding hydrogens is 298 g/mol. The lowest BCUT2D eigenvalue weighted by Crippen LogP contribution is -2.12. The van der Waals surface area contributed by atoms with E-state index in [0.29, 0.717) is 17.5 Å². The monoisotopic (exact) mass is 311 g/mol. The number of methoxy groups -OCH3 is 1. The number of nitrogens with one attached hydrogen (secondary N) is 1. The second-order valence-electron chi connectivity index (χ2n) is 3.80. The van der Waals surface area contributed by atoms with Crippen LogP contribution in [0.3, 0.4) is 0 Å². The van der Waals surface area contributed by atoms with Gasteiger partial charge in [-0.05, 0) is 32.2 Å². The smallest absolute Gasteiger partial charge is 0.251 e. The van der Waals surface area contributed by atoms with Crippen molar-refractivity contribution in [3.05, 3.63) is 28.6 Å². The van der Waals surface area contributed by atoms with Crippen molar-refractivity contribution in [1.82, 2.24) is 15.5 Å². The SMILES string of the molecule is CNC(C)c1nnc(-c2ccc(Br)cc2OC)o1. The molecule has 1 aromatic heterocycles. The minimum atomic E-state index is 0.0210. The van der Waals surface area contributed by atoms with E-state index >= 15 is 0 Å². The highest BCUT2D eigenvalue weighted by atomic mass is 79.9. The van der Waals surface area contributed by atoms with Crippen LogP contribution in [-0.4, -0.2) is 24.4 Å². The summed E-state index contributed by atoms with van der Waals surface area (Å²) in [7, 11) is 3.45. The highest BCUT2D eigenvalue weighted by molar-refractivity contribution is 9.10. The fourth-order valence-corrected chi connectivity index (χ4v) is 1.82. The first kappa shape index (κ1) is 13.0. The van der Waals surface area contributed by atoms with Gasteiger partial charge in [0.15, 0.2) is 0 Å². The van der Waals surface area contributed by atoms with Gasteiger partial charge < -0.3 is 14.5 Å². The van der Waals surface area contributed by atoms with Crippen LogP contribution in [0.5, 0.6) is 5.75 Å². The molecule has 2 rings (SSSR count). The molecule has 0 saturated heterocycles. The highest BCUT2D eigenvalue weighted by Gasteiger charge is 2.16. The first-order valence-electron chi connectivity index (χ1n) is 5.50. The van der Waals surface area contributed by atoms with Crippen LogP contribution >= 0.6 is 15.9 Å². The van der Waals surface area contributed by atoms with Crippen molar-refractivity contribution >= 4 is 15.9 Å². The molecule has 0 aliphatic carbocycles. The van der Waals surface area contributed by atoms with Crippen molar-refractivity contribution < 1.29 is 9.15 Å². The van der Waals surface area contributed by atoms with Crippen LogP contribution in [-0.2, 0) is 0 Å². The summed E-state index contributed by atoms with van der Waals surface area (Å²) in [4.78, 5) is 0. The molecule has 1 unspecified atom stereocenters. The molecule has 0 bridgehead atoms. The lowest BCUT2D eigenvalue weighted by Gasteiger charge is -2.05. The van der Waals surface area contributed by atoms with E-state index in [1.807, 2.05) is 32.2 Å². The first-order valence-corrected chi connectivity index (χ1v) is 6.29. The van der Waals surface area contributed by atoms with Crippen LogP contribution in [0.4, 0.5) is 0 Å². The van der Waals surface area contributed by atoms with Crippen LogP contribution in [0.1, 0.15) is 18.9 Å². The highest BCUT2D eigenvalue weighted by Crippen LogP contribution is 2.32. The van der Waals surface area contributed by atoms with E-state index in [9.17, 15) is 0 Å². The van der Waals surface area contributed by atoms with E-state index in [1.165, 1.54) is 0 Å². The number of hydrogen-bond donors (Lipinski definition) is 1. The third-order valence-electron chi connectivity index (χ3n) is 2.64. The second-order valence-corrected chi connectivity index (χ2v) is 4.72. The van der Waals surface area contributed by atoms with Gasteiger partial charge in [0, 0.05) is 4.47 Å².